The molecule has 2 rings (SSSR count). The number of rotatable bonds is 5. The minimum absolute atomic E-state index is 0.183. The monoisotopic (exact) mass is 327 g/mol. The Bertz CT molecular complexity index is 495. The zero-order chi connectivity index (χ0) is 13.0. The minimum Gasteiger partial charge on any atom is -0.310 e. The molecule has 0 radical (unpaired) electrons. The normalized spacial score (nSPS) is 12.6. The Morgan fingerprint density at radius 1 is 1.33 bits per heavy atom. The van der Waals surface area contributed by atoms with Crippen molar-refractivity contribution in [3.8, 4) is 0 Å². The Morgan fingerprint density at radius 2 is 2.06 bits per heavy atom. The van der Waals surface area contributed by atoms with Crippen LogP contribution in [0.2, 0.25) is 0 Å². The van der Waals surface area contributed by atoms with Gasteiger partial charge in [0.25, 0.3) is 0 Å². The van der Waals surface area contributed by atoms with Gasteiger partial charge in [0.05, 0.1) is 3.79 Å². The summed E-state index contributed by atoms with van der Waals surface area (Å²) in [7, 11) is 0. The summed E-state index contributed by atoms with van der Waals surface area (Å²) in [6.07, 6.45) is 0.872. The van der Waals surface area contributed by atoms with E-state index in [2.05, 4.69) is 39.6 Å². The highest BCUT2D eigenvalue weighted by Gasteiger charge is 2.12. The molecule has 0 fully saturated rings. The van der Waals surface area contributed by atoms with Crippen molar-refractivity contribution in [3.63, 3.8) is 0 Å². The highest BCUT2D eigenvalue weighted by atomic mass is 79.9. The quantitative estimate of drug-likeness (QED) is 0.849. The fraction of sp³-hybridized carbons (Fsp3) is 0.286. The fourth-order valence-electron chi connectivity index (χ4n) is 1.92. The van der Waals surface area contributed by atoms with E-state index in [1.165, 1.54) is 17.7 Å². The van der Waals surface area contributed by atoms with Crippen molar-refractivity contribution in [2.75, 3.05) is 6.54 Å². The van der Waals surface area contributed by atoms with Gasteiger partial charge in [-0.1, -0.05) is 19.1 Å². The molecule has 1 unspecified atom stereocenters. The summed E-state index contributed by atoms with van der Waals surface area (Å²) in [5.41, 5.74) is 2.42. The van der Waals surface area contributed by atoms with E-state index in [4.69, 9.17) is 0 Å². The summed E-state index contributed by atoms with van der Waals surface area (Å²) in [5, 5.41) is 5.62. The molecule has 96 valence electrons. The van der Waals surface area contributed by atoms with Crippen LogP contribution in [0.15, 0.2) is 39.5 Å². The predicted octanol–water partition coefficient (Wildman–Crippen LogP) is 4.54. The van der Waals surface area contributed by atoms with Crippen molar-refractivity contribution in [1.82, 2.24) is 5.32 Å². The lowest BCUT2D eigenvalue weighted by molar-refractivity contribution is 0.550. The van der Waals surface area contributed by atoms with Gasteiger partial charge in [0.1, 0.15) is 5.82 Å². The van der Waals surface area contributed by atoms with Crippen LogP contribution in [0.25, 0.3) is 0 Å². The third-order valence-electron chi connectivity index (χ3n) is 2.79. The summed E-state index contributed by atoms with van der Waals surface area (Å²) in [5.74, 6) is -0.183. The third kappa shape index (κ3) is 3.64. The average molecular weight is 328 g/mol. The minimum atomic E-state index is -0.183. The molecule has 4 heteroatoms. The summed E-state index contributed by atoms with van der Waals surface area (Å²) in [6, 6.07) is 9.15. The second kappa shape index (κ2) is 6.45. The molecule has 18 heavy (non-hydrogen) atoms. The van der Waals surface area contributed by atoms with Gasteiger partial charge < -0.3 is 5.32 Å². The maximum atomic E-state index is 12.9. The molecule has 0 bridgehead atoms. The van der Waals surface area contributed by atoms with E-state index in [1.807, 2.05) is 12.1 Å². The summed E-state index contributed by atoms with van der Waals surface area (Å²) in [6.45, 7) is 3.01. The SMILES string of the molecule is CCNC(Cc1ccc(F)cc1)c1csc(Br)c1. The van der Waals surface area contributed by atoms with Crippen LogP contribution in [0.3, 0.4) is 0 Å². The highest BCUT2D eigenvalue weighted by Crippen LogP contribution is 2.27. The van der Waals surface area contributed by atoms with Crippen LogP contribution >= 0.6 is 27.3 Å². The molecule has 0 saturated heterocycles. The molecular formula is C14H15BrFNS. The van der Waals surface area contributed by atoms with E-state index in [0.717, 1.165) is 22.3 Å². The van der Waals surface area contributed by atoms with E-state index in [-0.39, 0.29) is 11.9 Å². The van der Waals surface area contributed by atoms with Gasteiger partial charge in [0, 0.05) is 6.04 Å². The third-order valence-corrected chi connectivity index (χ3v) is 4.32. The zero-order valence-electron chi connectivity index (χ0n) is 10.1. The molecule has 0 amide bonds. The number of nitrogens with one attached hydrogen (secondary N) is 1. The molecule has 2 aromatic rings. The van der Waals surface area contributed by atoms with Crippen molar-refractivity contribution in [2.45, 2.75) is 19.4 Å². The lowest BCUT2D eigenvalue weighted by atomic mass is 10.0. The first-order valence-electron chi connectivity index (χ1n) is 5.90. The molecule has 0 aliphatic rings. The Labute approximate surface area is 119 Å². The van der Waals surface area contributed by atoms with E-state index >= 15 is 0 Å². The van der Waals surface area contributed by atoms with Gasteiger partial charge in [0.2, 0.25) is 0 Å². The van der Waals surface area contributed by atoms with Crippen molar-refractivity contribution in [2.24, 2.45) is 0 Å². The Kier molecular flexibility index (Phi) is 4.92. The van der Waals surface area contributed by atoms with Crippen molar-refractivity contribution < 1.29 is 4.39 Å². The molecule has 0 saturated carbocycles. The van der Waals surface area contributed by atoms with Gasteiger partial charge in [-0.15, -0.1) is 11.3 Å². The number of benzene rings is 1. The van der Waals surface area contributed by atoms with E-state index in [1.54, 1.807) is 11.3 Å². The molecule has 1 aromatic heterocycles. The summed E-state index contributed by atoms with van der Waals surface area (Å²) in [4.78, 5) is 0. The molecule has 1 N–H and O–H groups in total. The van der Waals surface area contributed by atoms with Crippen molar-refractivity contribution in [1.29, 1.82) is 0 Å². The van der Waals surface area contributed by atoms with Gasteiger partial charge in [-0.05, 0) is 63.6 Å². The van der Waals surface area contributed by atoms with E-state index in [9.17, 15) is 4.39 Å². The Morgan fingerprint density at radius 3 is 2.61 bits per heavy atom. The van der Waals surface area contributed by atoms with Crippen molar-refractivity contribution in [3.05, 3.63) is 56.4 Å². The second-order valence-corrected chi connectivity index (χ2v) is 6.42. The topological polar surface area (TPSA) is 12.0 Å². The molecule has 1 nitrogen and oxygen atoms in total. The molecule has 1 heterocycles. The largest absolute Gasteiger partial charge is 0.310 e. The number of likely N-dealkylation sites (N-methyl/N-ethyl adjacent to an activating group) is 1. The van der Waals surface area contributed by atoms with Gasteiger partial charge in [-0.25, -0.2) is 4.39 Å². The lowest BCUT2D eigenvalue weighted by Crippen LogP contribution is -2.22. The van der Waals surface area contributed by atoms with Crippen LogP contribution in [0.4, 0.5) is 4.39 Å². The number of hydrogen-bond acceptors (Lipinski definition) is 2. The standard InChI is InChI=1S/C14H15BrFNS/c1-2-17-13(11-8-14(15)18-9-11)7-10-3-5-12(16)6-4-10/h3-6,8-9,13,17H,2,7H2,1H3. The molecule has 1 aromatic carbocycles. The summed E-state index contributed by atoms with van der Waals surface area (Å²) < 4.78 is 14.0. The van der Waals surface area contributed by atoms with Gasteiger partial charge >= 0.3 is 0 Å². The van der Waals surface area contributed by atoms with E-state index < -0.39 is 0 Å². The maximum Gasteiger partial charge on any atom is 0.123 e. The van der Waals surface area contributed by atoms with Crippen LogP contribution in [-0.4, -0.2) is 6.54 Å². The van der Waals surface area contributed by atoms with Crippen LogP contribution < -0.4 is 5.32 Å². The van der Waals surface area contributed by atoms with Gasteiger partial charge in [0.15, 0.2) is 0 Å². The Balaban J connectivity index is 2.13. The van der Waals surface area contributed by atoms with Crippen LogP contribution in [0.5, 0.6) is 0 Å². The van der Waals surface area contributed by atoms with Crippen molar-refractivity contribution >= 4 is 27.3 Å². The lowest BCUT2D eigenvalue weighted by Gasteiger charge is -2.16. The zero-order valence-corrected chi connectivity index (χ0v) is 12.5. The first-order chi connectivity index (χ1) is 8.69. The fourth-order valence-corrected chi connectivity index (χ4v) is 3.15. The first-order valence-corrected chi connectivity index (χ1v) is 7.58. The van der Waals surface area contributed by atoms with Crippen LogP contribution in [0.1, 0.15) is 24.1 Å². The van der Waals surface area contributed by atoms with Crippen LogP contribution in [-0.2, 0) is 6.42 Å². The molecule has 0 spiro atoms. The molecule has 0 aliphatic heterocycles. The smallest absolute Gasteiger partial charge is 0.123 e. The Hall–Kier alpha value is -0.710. The first kappa shape index (κ1) is 13.7. The van der Waals surface area contributed by atoms with Gasteiger partial charge in [-0.3, -0.25) is 0 Å². The van der Waals surface area contributed by atoms with Gasteiger partial charge in [-0.2, -0.15) is 0 Å². The maximum absolute atomic E-state index is 12.9. The second-order valence-electron chi connectivity index (χ2n) is 4.13. The number of halogens is 2. The highest BCUT2D eigenvalue weighted by molar-refractivity contribution is 9.11. The molecule has 0 aliphatic carbocycles. The molecule has 1 atom stereocenters. The molecular weight excluding hydrogens is 313 g/mol. The predicted molar refractivity (Wildman–Crippen MR) is 78.5 cm³/mol. The number of hydrogen-bond donors (Lipinski definition) is 1. The number of thiophene rings is 1. The summed E-state index contributed by atoms with van der Waals surface area (Å²) >= 11 is 5.18. The average Bonchev–Trinajstić information content (AvgIpc) is 2.78. The van der Waals surface area contributed by atoms with Crippen LogP contribution in [0, 0.1) is 5.82 Å². The van der Waals surface area contributed by atoms with E-state index in [0.29, 0.717) is 0 Å².